The van der Waals surface area contributed by atoms with Gasteiger partial charge in [-0.25, -0.2) is 4.57 Å². The van der Waals surface area contributed by atoms with E-state index in [1.54, 1.807) is 6.08 Å². The zero-order chi connectivity index (χ0) is 35.1. The van der Waals surface area contributed by atoms with Gasteiger partial charge < -0.3 is 19.8 Å². The summed E-state index contributed by atoms with van der Waals surface area (Å²) >= 11 is 0. The van der Waals surface area contributed by atoms with Crippen LogP contribution in [0.5, 0.6) is 0 Å². The second kappa shape index (κ2) is 31.0. The summed E-state index contributed by atoms with van der Waals surface area (Å²) in [5.41, 5.74) is 0. The van der Waals surface area contributed by atoms with Crippen molar-refractivity contribution in [2.45, 2.75) is 174 Å². The second-order valence-corrected chi connectivity index (χ2v) is 15.8. The van der Waals surface area contributed by atoms with Gasteiger partial charge in [0.15, 0.2) is 0 Å². The molecule has 0 fully saturated rings. The highest BCUT2D eigenvalue weighted by atomic mass is 31.2. The van der Waals surface area contributed by atoms with E-state index in [9.17, 15) is 19.4 Å². The van der Waals surface area contributed by atoms with Crippen molar-refractivity contribution in [3.63, 3.8) is 0 Å². The molecule has 0 spiro atoms. The Morgan fingerprint density at radius 1 is 0.702 bits per heavy atom. The number of aliphatic hydroxyl groups excluding tert-OH is 1. The third kappa shape index (κ3) is 33.3. The molecular weight excluding hydrogens is 611 g/mol. The number of unbranched alkanes of at least 4 members (excludes halogenated alkanes) is 19. The Morgan fingerprint density at radius 2 is 1.15 bits per heavy atom. The van der Waals surface area contributed by atoms with Crippen molar-refractivity contribution in [2.75, 3.05) is 40.9 Å². The van der Waals surface area contributed by atoms with E-state index in [-0.39, 0.29) is 19.1 Å². The average Bonchev–Trinajstić information content (AvgIpc) is 3.01. The van der Waals surface area contributed by atoms with Gasteiger partial charge in [-0.05, 0) is 38.5 Å². The number of allylic oxidation sites excluding steroid dienone is 3. The Labute approximate surface area is 290 Å². The monoisotopic (exact) mass is 688 g/mol. The van der Waals surface area contributed by atoms with Crippen molar-refractivity contribution in [1.82, 2.24) is 5.32 Å². The van der Waals surface area contributed by atoms with Crippen molar-refractivity contribution in [2.24, 2.45) is 0 Å². The van der Waals surface area contributed by atoms with Gasteiger partial charge in [0.2, 0.25) is 5.91 Å². The fraction of sp³-hybridized carbons (Fsp3) is 0.868. The van der Waals surface area contributed by atoms with Crippen LogP contribution in [0.1, 0.15) is 162 Å². The molecule has 47 heavy (non-hydrogen) atoms. The summed E-state index contributed by atoms with van der Waals surface area (Å²) in [5.74, 6) is -0.215. The molecule has 278 valence electrons. The van der Waals surface area contributed by atoms with Crippen LogP contribution in [0, 0.1) is 0 Å². The van der Waals surface area contributed by atoms with Crippen LogP contribution >= 0.6 is 7.82 Å². The number of phosphoric ester groups is 1. The number of phosphoric acid groups is 1. The number of aliphatic hydroxyl groups is 1. The number of likely N-dealkylation sites (N-methyl/N-ethyl adjacent to an activating group) is 1. The molecule has 0 aliphatic rings. The Kier molecular flexibility index (Phi) is 30.3. The number of amides is 1. The lowest BCUT2D eigenvalue weighted by Crippen LogP contribution is -2.45. The first-order valence-corrected chi connectivity index (χ1v) is 20.7. The van der Waals surface area contributed by atoms with E-state index >= 15 is 0 Å². The van der Waals surface area contributed by atoms with Crippen LogP contribution in [-0.2, 0) is 18.4 Å². The van der Waals surface area contributed by atoms with Crippen molar-refractivity contribution in [3.05, 3.63) is 24.3 Å². The molecule has 1 amide bonds. The molecule has 0 aromatic carbocycles. The molecule has 0 rings (SSSR count). The molecule has 0 saturated carbocycles. The van der Waals surface area contributed by atoms with E-state index < -0.39 is 20.0 Å². The third-order valence-corrected chi connectivity index (χ3v) is 9.40. The van der Waals surface area contributed by atoms with Gasteiger partial charge in [0.1, 0.15) is 13.2 Å². The van der Waals surface area contributed by atoms with E-state index in [1.165, 1.54) is 103 Å². The Balaban J connectivity index is 4.52. The summed E-state index contributed by atoms with van der Waals surface area (Å²) in [6, 6.07) is -0.855. The fourth-order valence-electron chi connectivity index (χ4n) is 5.28. The largest absolute Gasteiger partial charge is 0.472 e. The van der Waals surface area contributed by atoms with Crippen LogP contribution in [0.15, 0.2) is 24.3 Å². The molecule has 3 unspecified atom stereocenters. The first-order chi connectivity index (χ1) is 22.5. The van der Waals surface area contributed by atoms with Crippen LogP contribution in [0.2, 0.25) is 0 Å². The highest BCUT2D eigenvalue weighted by Crippen LogP contribution is 2.43. The van der Waals surface area contributed by atoms with Crippen LogP contribution in [-0.4, -0.2) is 73.4 Å². The van der Waals surface area contributed by atoms with Gasteiger partial charge in [0.25, 0.3) is 0 Å². The van der Waals surface area contributed by atoms with Crippen LogP contribution < -0.4 is 5.32 Å². The molecule has 0 saturated heterocycles. The highest BCUT2D eigenvalue weighted by Gasteiger charge is 2.27. The predicted octanol–water partition coefficient (Wildman–Crippen LogP) is 9.80. The van der Waals surface area contributed by atoms with Gasteiger partial charge in [-0.15, -0.1) is 0 Å². The molecule has 0 bridgehead atoms. The van der Waals surface area contributed by atoms with Crippen molar-refractivity contribution in [1.29, 1.82) is 0 Å². The quantitative estimate of drug-likeness (QED) is 0.0269. The summed E-state index contributed by atoms with van der Waals surface area (Å²) in [6.45, 7) is 4.74. The number of hydrogen-bond donors (Lipinski definition) is 3. The summed E-state index contributed by atoms with van der Waals surface area (Å²) in [4.78, 5) is 22.9. The van der Waals surface area contributed by atoms with Gasteiger partial charge in [-0.3, -0.25) is 13.8 Å². The number of carbonyl (C=O) groups is 1. The van der Waals surface area contributed by atoms with Gasteiger partial charge >= 0.3 is 7.82 Å². The fourth-order valence-corrected chi connectivity index (χ4v) is 6.01. The number of nitrogens with zero attached hydrogens (tertiary/aromatic N) is 1. The minimum Gasteiger partial charge on any atom is -0.387 e. The normalized spacial score (nSPS) is 15.0. The molecule has 3 atom stereocenters. The minimum absolute atomic E-state index is 0.0576. The maximum atomic E-state index is 12.7. The average molecular weight is 688 g/mol. The maximum Gasteiger partial charge on any atom is 0.472 e. The van der Waals surface area contributed by atoms with Crippen LogP contribution in [0.3, 0.4) is 0 Å². The van der Waals surface area contributed by atoms with Gasteiger partial charge in [0, 0.05) is 6.42 Å². The van der Waals surface area contributed by atoms with E-state index in [4.69, 9.17) is 9.05 Å². The van der Waals surface area contributed by atoms with E-state index in [2.05, 4.69) is 31.3 Å². The summed E-state index contributed by atoms with van der Waals surface area (Å²) in [5, 5.41) is 13.7. The molecule has 0 aromatic rings. The summed E-state index contributed by atoms with van der Waals surface area (Å²) in [7, 11) is 1.55. The molecular formula is C38H76N2O6P+. The lowest BCUT2D eigenvalue weighted by molar-refractivity contribution is -0.870. The summed E-state index contributed by atoms with van der Waals surface area (Å²) < 4.78 is 23.4. The smallest absolute Gasteiger partial charge is 0.387 e. The van der Waals surface area contributed by atoms with Gasteiger partial charge in [-0.1, -0.05) is 141 Å². The van der Waals surface area contributed by atoms with Gasteiger partial charge in [0.05, 0.1) is 39.9 Å². The lowest BCUT2D eigenvalue weighted by atomic mass is 10.0. The van der Waals surface area contributed by atoms with E-state index in [0.29, 0.717) is 23.9 Å². The SMILES string of the molecule is CCCCCC/C=C\CCCC(=O)NC(COP(=O)(O)OCC[N+](C)(C)C)C(O)/C=C/CCCCCCCCCCCCCCCC. The zero-order valence-corrected chi connectivity index (χ0v) is 32.2. The predicted molar refractivity (Wildman–Crippen MR) is 198 cm³/mol. The number of carbonyl (C=O) groups excluding carboxylic acids is 1. The third-order valence-electron chi connectivity index (χ3n) is 8.42. The Morgan fingerprint density at radius 3 is 1.66 bits per heavy atom. The second-order valence-electron chi connectivity index (χ2n) is 14.3. The van der Waals surface area contributed by atoms with Crippen molar-refractivity contribution < 1.29 is 32.9 Å². The van der Waals surface area contributed by atoms with E-state index in [1.807, 2.05) is 27.2 Å². The summed E-state index contributed by atoms with van der Waals surface area (Å²) in [6.07, 6.45) is 34.0. The Bertz CT molecular complexity index is 829. The van der Waals surface area contributed by atoms with Crippen molar-refractivity contribution >= 4 is 13.7 Å². The molecule has 3 N–H and O–H groups in total. The highest BCUT2D eigenvalue weighted by molar-refractivity contribution is 7.47. The number of nitrogens with one attached hydrogen (secondary N) is 1. The topological polar surface area (TPSA) is 105 Å². The number of rotatable bonds is 34. The molecule has 0 heterocycles. The number of hydrogen-bond acceptors (Lipinski definition) is 5. The first kappa shape index (κ1) is 46.0. The molecule has 0 radical (unpaired) electrons. The molecule has 0 aromatic heterocycles. The Hall–Kier alpha value is -1.02. The van der Waals surface area contributed by atoms with Gasteiger partial charge in [-0.2, -0.15) is 0 Å². The molecule has 8 nitrogen and oxygen atoms in total. The number of quaternary nitrogens is 1. The van der Waals surface area contributed by atoms with Crippen molar-refractivity contribution in [3.8, 4) is 0 Å². The maximum absolute atomic E-state index is 12.7. The standard InChI is InChI=1S/C38H75N2O6P/c1-6-8-10-12-14-16-17-18-19-20-21-22-24-25-27-29-31-37(41)36(35-46-47(43,44)45-34-33-40(3,4)5)39-38(42)32-30-28-26-23-15-13-11-9-7-2/h23,26,29,31,36-37,41H,6-22,24-25,27-28,30,32-35H2,1-5H3,(H-,39,42,43,44)/p+1/b26-23-,31-29+. The van der Waals surface area contributed by atoms with Crippen LogP contribution in [0.4, 0.5) is 0 Å². The minimum atomic E-state index is -4.33. The lowest BCUT2D eigenvalue weighted by Gasteiger charge is -2.25. The van der Waals surface area contributed by atoms with E-state index in [0.717, 1.165) is 32.1 Å². The molecule has 0 aliphatic carbocycles. The van der Waals surface area contributed by atoms with Crippen LogP contribution in [0.25, 0.3) is 0 Å². The molecule has 9 heteroatoms. The zero-order valence-electron chi connectivity index (χ0n) is 31.3. The first-order valence-electron chi connectivity index (χ1n) is 19.2. The molecule has 0 aliphatic heterocycles.